The molecule has 0 bridgehead atoms. The molecule has 1 amide bonds. The number of amides is 1. The molecule has 1 aliphatic rings. The number of nitrogens with two attached hydrogens (primary N) is 2. The Hall–Kier alpha value is -1.51. The van der Waals surface area contributed by atoms with Crippen molar-refractivity contribution in [1.29, 1.82) is 0 Å². The van der Waals surface area contributed by atoms with Gasteiger partial charge >= 0.3 is 0 Å². The van der Waals surface area contributed by atoms with Crippen LogP contribution in [0.15, 0.2) is 18.2 Å². The molecule has 3 nitrogen and oxygen atoms in total. The fourth-order valence-corrected chi connectivity index (χ4v) is 2.47. The van der Waals surface area contributed by atoms with Gasteiger partial charge in [0.25, 0.3) is 0 Å². The third kappa shape index (κ3) is 1.82. The molecule has 3 heteroatoms. The first kappa shape index (κ1) is 10.0. The lowest BCUT2D eigenvalue weighted by atomic mass is 9.91. The first-order valence-corrected chi connectivity index (χ1v) is 5.38. The topological polar surface area (TPSA) is 69.1 Å². The maximum absolute atomic E-state index is 11.3. The minimum atomic E-state index is -0.371. The Morgan fingerprint density at radius 1 is 1.27 bits per heavy atom. The van der Waals surface area contributed by atoms with Gasteiger partial charge in [0, 0.05) is 11.3 Å². The number of carbonyl (C=O) groups is 1. The van der Waals surface area contributed by atoms with E-state index in [1.807, 2.05) is 6.07 Å². The van der Waals surface area contributed by atoms with Gasteiger partial charge in [-0.3, -0.25) is 4.79 Å². The van der Waals surface area contributed by atoms with Gasteiger partial charge in [0.15, 0.2) is 0 Å². The number of hydrogen-bond acceptors (Lipinski definition) is 2. The average molecular weight is 204 g/mol. The Labute approximate surface area is 89.5 Å². The van der Waals surface area contributed by atoms with Crippen LogP contribution >= 0.6 is 0 Å². The smallest absolute Gasteiger partial charge is 0.249 e. The molecule has 1 aromatic rings. The standard InChI is InChI=1S/C12H16N2O/c13-10-7-3-6-9(12(14)15)11(10)8-4-1-2-5-8/h3,6-8H,1-2,4-5,13H2,(H2,14,15). The predicted octanol–water partition coefficient (Wildman–Crippen LogP) is 2.03. The number of hydrogen-bond donors (Lipinski definition) is 2. The Morgan fingerprint density at radius 3 is 2.53 bits per heavy atom. The van der Waals surface area contributed by atoms with Gasteiger partial charge in [-0.2, -0.15) is 0 Å². The van der Waals surface area contributed by atoms with Crippen LogP contribution in [0.4, 0.5) is 5.69 Å². The molecule has 1 fully saturated rings. The highest BCUT2D eigenvalue weighted by molar-refractivity contribution is 5.96. The van der Waals surface area contributed by atoms with E-state index in [0.717, 1.165) is 18.4 Å². The summed E-state index contributed by atoms with van der Waals surface area (Å²) in [5, 5.41) is 0. The third-order valence-electron chi connectivity index (χ3n) is 3.17. The van der Waals surface area contributed by atoms with Crippen LogP contribution in [-0.2, 0) is 0 Å². The van der Waals surface area contributed by atoms with Gasteiger partial charge in [-0.1, -0.05) is 18.9 Å². The van der Waals surface area contributed by atoms with E-state index < -0.39 is 0 Å². The maximum Gasteiger partial charge on any atom is 0.249 e. The van der Waals surface area contributed by atoms with Crippen LogP contribution in [0.25, 0.3) is 0 Å². The largest absolute Gasteiger partial charge is 0.398 e. The highest BCUT2D eigenvalue weighted by Crippen LogP contribution is 2.38. The van der Waals surface area contributed by atoms with Crippen molar-refractivity contribution < 1.29 is 4.79 Å². The molecule has 0 aromatic heterocycles. The van der Waals surface area contributed by atoms with E-state index in [2.05, 4.69) is 0 Å². The first-order chi connectivity index (χ1) is 7.20. The van der Waals surface area contributed by atoms with Crippen LogP contribution in [0.3, 0.4) is 0 Å². The molecule has 0 radical (unpaired) electrons. The van der Waals surface area contributed by atoms with Crippen LogP contribution in [-0.4, -0.2) is 5.91 Å². The van der Waals surface area contributed by atoms with Crippen LogP contribution < -0.4 is 11.5 Å². The van der Waals surface area contributed by atoms with Gasteiger partial charge < -0.3 is 11.5 Å². The number of carbonyl (C=O) groups excluding carboxylic acids is 1. The van der Waals surface area contributed by atoms with Gasteiger partial charge in [0.05, 0.1) is 0 Å². The number of benzene rings is 1. The monoisotopic (exact) mass is 204 g/mol. The SMILES string of the molecule is NC(=O)c1cccc(N)c1C1CCCC1. The van der Waals surface area contributed by atoms with Crippen LogP contribution in [0.5, 0.6) is 0 Å². The minimum Gasteiger partial charge on any atom is -0.398 e. The lowest BCUT2D eigenvalue weighted by molar-refractivity contribution is 0.0999. The van der Waals surface area contributed by atoms with E-state index in [1.165, 1.54) is 12.8 Å². The average Bonchev–Trinajstić information content (AvgIpc) is 2.70. The maximum atomic E-state index is 11.3. The van der Waals surface area contributed by atoms with E-state index in [-0.39, 0.29) is 5.91 Å². The minimum absolute atomic E-state index is 0.371. The van der Waals surface area contributed by atoms with Gasteiger partial charge in [-0.15, -0.1) is 0 Å². The molecule has 1 saturated carbocycles. The van der Waals surface area contributed by atoms with Crippen LogP contribution in [0, 0.1) is 0 Å². The third-order valence-corrected chi connectivity index (χ3v) is 3.17. The molecular formula is C12H16N2O. The molecule has 1 aliphatic carbocycles. The zero-order valence-electron chi connectivity index (χ0n) is 8.70. The number of anilines is 1. The molecule has 0 aliphatic heterocycles. The van der Waals surface area contributed by atoms with E-state index in [1.54, 1.807) is 12.1 Å². The van der Waals surface area contributed by atoms with Crippen molar-refractivity contribution in [1.82, 2.24) is 0 Å². The lowest BCUT2D eigenvalue weighted by Crippen LogP contribution is -2.16. The first-order valence-electron chi connectivity index (χ1n) is 5.38. The second kappa shape index (κ2) is 3.93. The van der Waals surface area contributed by atoms with E-state index >= 15 is 0 Å². The molecule has 1 aromatic carbocycles. The molecule has 0 heterocycles. The highest BCUT2D eigenvalue weighted by Gasteiger charge is 2.23. The molecule has 2 rings (SSSR count). The molecule has 80 valence electrons. The van der Waals surface area contributed by atoms with Gasteiger partial charge in [-0.25, -0.2) is 0 Å². The highest BCUT2D eigenvalue weighted by atomic mass is 16.1. The van der Waals surface area contributed by atoms with E-state index in [4.69, 9.17) is 11.5 Å². The van der Waals surface area contributed by atoms with Crippen molar-refractivity contribution in [3.63, 3.8) is 0 Å². The molecule has 0 spiro atoms. The quantitative estimate of drug-likeness (QED) is 0.723. The van der Waals surface area contributed by atoms with Crippen molar-refractivity contribution in [2.45, 2.75) is 31.6 Å². The summed E-state index contributed by atoms with van der Waals surface area (Å²) in [4.78, 5) is 11.3. The summed E-state index contributed by atoms with van der Waals surface area (Å²) in [6.45, 7) is 0. The second-order valence-corrected chi connectivity index (χ2v) is 4.15. The summed E-state index contributed by atoms with van der Waals surface area (Å²) in [6.07, 6.45) is 4.68. The zero-order valence-corrected chi connectivity index (χ0v) is 8.70. The molecule has 0 unspecified atom stereocenters. The van der Waals surface area contributed by atoms with Gasteiger partial charge in [0.2, 0.25) is 5.91 Å². The van der Waals surface area contributed by atoms with Crippen LogP contribution in [0.1, 0.15) is 47.5 Å². The van der Waals surface area contributed by atoms with Crippen LogP contribution in [0.2, 0.25) is 0 Å². The normalized spacial score (nSPS) is 16.8. The predicted molar refractivity (Wildman–Crippen MR) is 60.6 cm³/mol. The fourth-order valence-electron chi connectivity index (χ4n) is 2.47. The molecule has 0 atom stereocenters. The summed E-state index contributed by atoms with van der Waals surface area (Å²) in [5.74, 6) is 0.0536. The Bertz CT molecular complexity index is 381. The Morgan fingerprint density at radius 2 is 1.93 bits per heavy atom. The summed E-state index contributed by atoms with van der Waals surface area (Å²) < 4.78 is 0. The van der Waals surface area contributed by atoms with Crippen molar-refractivity contribution >= 4 is 11.6 Å². The van der Waals surface area contributed by atoms with Gasteiger partial charge in [0.1, 0.15) is 0 Å². The number of primary amides is 1. The van der Waals surface area contributed by atoms with Crippen molar-refractivity contribution in [3.05, 3.63) is 29.3 Å². The van der Waals surface area contributed by atoms with Gasteiger partial charge in [-0.05, 0) is 36.5 Å². The second-order valence-electron chi connectivity index (χ2n) is 4.15. The summed E-state index contributed by atoms with van der Waals surface area (Å²) in [7, 11) is 0. The van der Waals surface area contributed by atoms with E-state index in [0.29, 0.717) is 17.2 Å². The van der Waals surface area contributed by atoms with Crippen molar-refractivity contribution in [2.75, 3.05) is 5.73 Å². The summed E-state index contributed by atoms with van der Waals surface area (Å²) in [6, 6.07) is 5.40. The Kier molecular flexibility index (Phi) is 2.62. The van der Waals surface area contributed by atoms with Crippen molar-refractivity contribution in [2.24, 2.45) is 5.73 Å². The molecular weight excluding hydrogens is 188 g/mol. The lowest BCUT2D eigenvalue weighted by Gasteiger charge is -2.15. The summed E-state index contributed by atoms with van der Waals surface area (Å²) in [5.41, 5.74) is 13.6. The molecule has 4 N–H and O–H groups in total. The van der Waals surface area contributed by atoms with Crippen molar-refractivity contribution in [3.8, 4) is 0 Å². The number of rotatable bonds is 2. The molecule has 0 saturated heterocycles. The van der Waals surface area contributed by atoms with E-state index in [9.17, 15) is 4.79 Å². The zero-order chi connectivity index (χ0) is 10.8. The summed E-state index contributed by atoms with van der Waals surface area (Å²) >= 11 is 0. The fraction of sp³-hybridized carbons (Fsp3) is 0.417. The molecule has 15 heavy (non-hydrogen) atoms. The number of nitrogen functional groups attached to an aromatic ring is 1. The Balaban J connectivity index is 2.46.